The Balaban J connectivity index is 1.49. The number of rotatable bonds is 5. The number of aliphatic carboxylic acids is 1. The molecule has 2 fully saturated rings. The summed E-state index contributed by atoms with van der Waals surface area (Å²) in [6.07, 6.45) is 3.89. The minimum absolute atomic E-state index is 0.0131. The van der Waals surface area contributed by atoms with E-state index in [1.165, 1.54) is 0 Å². The summed E-state index contributed by atoms with van der Waals surface area (Å²) in [5.74, 6) is -0.719. The Hall–Kier alpha value is -2.99. The number of carbonyl (C=O) groups is 2. The predicted molar refractivity (Wildman–Crippen MR) is 114 cm³/mol. The number of nitrogens with two attached hydrogens (primary N) is 2. The van der Waals surface area contributed by atoms with E-state index in [0.29, 0.717) is 49.9 Å². The van der Waals surface area contributed by atoms with E-state index in [2.05, 4.69) is 15.0 Å². The lowest BCUT2D eigenvalue weighted by molar-refractivity contribution is -0.201. The highest BCUT2D eigenvalue weighted by atomic mass is 16.5. The fraction of sp³-hybridized carbons (Fsp3) is 0.650. The predicted octanol–water partition coefficient (Wildman–Crippen LogP) is 0.319. The zero-order valence-corrected chi connectivity index (χ0v) is 18.0. The van der Waals surface area contributed by atoms with Crippen LogP contribution in [0.4, 0.5) is 11.8 Å². The molecule has 0 saturated carbocycles. The Morgan fingerprint density at radius 3 is 2.66 bits per heavy atom. The quantitative estimate of drug-likeness (QED) is 0.498. The lowest BCUT2D eigenvalue weighted by Gasteiger charge is -2.51. The Morgan fingerprint density at radius 2 is 1.97 bits per heavy atom. The molecule has 1 spiro atoms. The van der Waals surface area contributed by atoms with Gasteiger partial charge in [-0.05, 0) is 26.2 Å². The highest BCUT2D eigenvalue weighted by molar-refractivity contribution is 5.82. The van der Waals surface area contributed by atoms with E-state index in [9.17, 15) is 14.7 Å². The summed E-state index contributed by atoms with van der Waals surface area (Å²) in [7, 11) is 0. The summed E-state index contributed by atoms with van der Waals surface area (Å²) in [5, 5.41) is 19.9. The number of carboxylic acid groups (broad SMARTS) is 1. The monoisotopic (exact) mass is 447 g/mol. The van der Waals surface area contributed by atoms with Gasteiger partial charge in [0.15, 0.2) is 11.5 Å². The Kier molecular flexibility index (Phi) is 5.67. The molecule has 4 rings (SSSR count). The van der Waals surface area contributed by atoms with Crippen molar-refractivity contribution in [3.8, 4) is 0 Å². The van der Waals surface area contributed by atoms with Crippen LogP contribution in [0.25, 0.3) is 11.2 Å². The molecule has 2 aromatic heterocycles. The standard InChI is InChI=1S/C20H29N7O5/c1-19(31)10-32-20(5-7-26(8-6-20)13(28)3-2-4-14(29)30)9-12(19)27-11-23-15-16(21)24-18(22)25-17(15)27/h11-12,31H,2-10H2,1H3,(H,29,30)(H4,21,22,24,25)/t12-,19-/m0/s1. The second-order valence-corrected chi connectivity index (χ2v) is 8.97. The molecule has 12 nitrogen and oxygen atoms in total. The van der Waals surface area contributed by atoms with Crippen LogP contribution in [0.3, 0.4) is 0 Å². The average Bonchev–Trinajstić information content (AvgIpc) is 3.14. The van der Waals surface area contributed by atoms with Gasteiger partial charge in [-0.1, -0.05) is 0 Å². The third-order valence-electron chi connectivity index (χ3n) is 6.56. The number of fused-ring (bicyclic) bond motifs is 1. The maximum absolute atomic E-state index is 12.4. The fourth-order valence-corrected chi connectivity index (χ4v) is 4.67. The van der Waals surface area contributed by atoms with Crippen LogP contribution in [0.5, 0.6) is 0 Å². The first kappa shape index (κ1) is 22.2. The molecule has 0 unspecified atom stereocenters. The van der Waals surface area contributed by atoms with Crippen molar-refractivity contribution in [2.75, 3.05) is 31.2 Å². The number of carbonyl (C=O) groups excluding carboxylic acids is 1. The average molecular weight is 447 g/mol. The number of nitrogens with zero attached hydrogens (tertiary/aromatic N) is 5. The van der Waals surface area contributed by atoms with Crippen LogP contribution >= 0.6 is 0 Å². The van der Waals surface area contributed by atoms with Crippen LogP contribution in [0.2, 0.25) is 0 Å². The van der Waals surface area contributed by atoms with Gasteiger partial charge in [-0.15, -0.1) is 0 Å². The molecular formula is C20H29N7O5. The number of hydrogen-bond donors (Lipinski definition) is 4. The molecule has 2 atom stereocenters. The molecule has 0 aromatic carbocycles. The van der Waals surface area contributed by atoms with Crippen molar-refractivity contribution in [1.82, 2.24) is 24.4 Å². The first-order valence-corrected chi connectivity index (χ1v) is 10.7. The van der Waals surface area contributed by atoms with Crippen LogP contribution in [-0.2, 0) is 14.3 Å². The summed E-state index contributed by atoms with van der Waals surface area (Å²) in [6, 6.07) is -0.382. The van der Waals surface area contributed by atoms with E-state index in [1.807, 2.05) is 0 Å². The van der Waals surface area contributed by atoms with Crippen molar-refractivity contribution in [3.05, 3.63) is 6.33 Å². The number of nitrogen functional groups attached to an aromatic ring is 2. The number of likely N-dealkylation sites (tertiary alicyclic amines) is 1. The molecule has 32 heavy (non-hydrogen) atoms. The van der Waals surface area contributed by atoms with Gasteiger partial charge < -0.3 is 35.9 Å². The lowest BCUT2D eigenvalue weighted by Crippen LogP contribution is -2.57. The number of ether oxygens (including phenoxy) is 1. The van der Waals surface area contributed by atoms with Crippen molar-refractivity contribution in [2.24, 2.45) is 0 Å². The molecule has 12 heteroatoms. The number of anilines is 2. The molecule has 6 N–H and O–H groups in total. The SMILES string of the molecule is C[C@]1(O)COC2(CCN(C(=O)CCCC(=O)O)CC2)C[C@@H]1n1cnc2c(N)nc(N)nc21. The van der Waals surface area contributed by atoms with E-state index in [0.717, 1.165) is 0 Å². The van der Waals surface area contributed by atoms with Gasteiger partial charge in [0.1, 0.15) is 11.1 Å². The van der Waals surface area contributed by atoms with Gasteiger partial charge in [-0.2, -0.15) is 9.97 Å². The number of aliphatic hydroxyl groups is 1. The van der Waals surface area contributed by atoms with Crippen LogP contribution < -0.4 is 11.5 Å². The molecule has 0 aliphatic carbocycles. The first-order chi connectivity index (χ1) is 15.1. The zero-order chi connectivity index (χ0) is 23.1. The summed E-state index contributed by atoms with van der Waals surface area (Å²) in [5.41, 5.74) is 10.9. The van der Waals surface area contributed by atoms with Crippen LogP contribution in [0.1, 0.15) is 51.5 Å². The molecule has 1 amide bonds. The minimum atomic E-state index is -1.17. The van der Waals surface area contributed by atoms with E-state index in [-0.39, 0.29) is 43.2 Å². The zero-order valence-electron chi connectivity index (χ0n) is 18.0. The van der Waals surface area contributed by atoms with Crippen molar-refractivity contribution in [1.29, 1.82) is 0 Å². The number of imidazole rings is 1. The molecule has 2 aliphatic heterocycles. The van der Waals surface area contributed by atoms with Crippen molar-refractivity contribution in [2.45, 2.75) is 62.7 Å². The Labute approximate surface area is 184 Å². The van der Waals surface area contributed by atoms with Crippen molar-refractivity contribution in [3.63, 3.8) is 0 Å². The third kappa shape index (κ3) is 4.19. The number of piperidine rings is 1. The Morgan fingerprint density at radius 1 is 1.25 bits per heavy atom. The van der Waals surface area contributed by atoms with Gasteiger partial charge in [0.25, 0.3) is 0 Å². The molecule has 2 saturated heterocycles. The van der Waals surface area contributed by atoms with E-state index < -0.39 is 17.2 Å². The first-order valence-electron chi connectivity index (χ1n) is 10.7. The topological polar surface area (TPSA) is 183 Å². The van der Waals surface area contributed by atoms with Crippen molar-refractivity contribution >= 4 is 34.8 Å². The van der Waals surface area contributed by atoms with Crippen LogP contribution in [0.15, 0.2) is 6.33 Å². The normalized spacial score (nSPS) is 25.3. The van der Waals surface area contributed by atoms with Gasteiger partial charge in [0, 0.05) is 32.4 Å². The van der Waals surface area contributed by atoms with E-state index >= 15 is 0 Å². The van der Waals surface area contributed by atoms with E-state index in [1.54, 1.807) is 22.7 Å². The van der Waals surface area contributed by atoms with Crippen LogP contribution in [-0.4, -0.2) is 77.4 Å². The molecule has 4 heterocycles. The van der Waals surface area contributed by atoms with Gasteiger partial charge >= 0.3 is 5.97 Å². The molecule has 174 valence electrons. The second-order valence-electron chi connectivity index (χ2n) is 8.97. The fourth-order valence-electron chi connectivity index (χ4n) is 4.67. The van der Waals surface area contributed by atoms with Crippen molar-refractivity contribution < 1.29 is 24.5 Å². The summed E-state index contributed by atoms with van der Waals surface area (Å²) < 4.78 is 7.96. The second kappa shape index (κ2) is 8.17. The number of hydrogen-bond acceptors (Lipinski definition) is 9. The summed E-state index contributed by atoms with van der Waals surface area (Å²) in [6.45, 7) is 2.88. The number of amides is 1. The maximum atomic E-state index is 12.4. The lowest BCUT2D eigenvalue weighted by atomic mass is 9.77. The summed E-state index contributed by atoms with van der Waals surface area (Å²) >= 11 is 0. The van der Waals surface area contributed by atoms with Crippen LogP contribution in [0, 0.1) is 0 Å². The minimum Gasteiger partial charge on any atom is -0.481 e. The smallest absolute Gasteiger partial charge is 0.303 e. The number of aromatic nitrogens is 4. The van der Waals surface area contributed by atoms with Gasteiger partial charge in [-0.3, -0.25) is 9.59 Å². The molecule has 0 bridgehead atoms. The third-order valence-corrected chi connectivity index (χ3v) is 6.56. The highest BCUT2D eigenvalue weighted by Crippen LogP contribution is 2.44. The van der Waals surface area contributed by atoms with E-state index in [4.69, 9.17) is 21.3 Å². The highest BCUT2D eigenvalue weighted by Gasteiger charge is 2.49. The molecule has 0 radical (unpaired) electrons. The molecule has 2 aromatic rings. The number of carboxylic acids is 1. The summed E-state index contributed by atoms with van der Waals surface area (Å²) in [4.78, 5) is 37.4. The van der Waals surface area contributed by atoms with Gasteiger partial charge in [0.2, 0.25) is 11.9 Å². The van der Waals surface area contributed by atoms with Gasteiger partial charge in [-0.25, -0.2) is 4.98 Å². The van der Waals surface area contributed by atoms with Gasteiger partial charge in [0.05, 0.1) is 24.6 Å². The molecular weight excluding hydrogens is 418 g/mol. The molecule has 2 aliphatic rings. The maximum Gasteiger partial charge on any atom is 0.303 e. The Bertz CT molecular complexity index is 1030. The largest absolute Gasteiger partial charge is 0.481 e.